The van der Waals surface area contributed by atoms with Crippen LogP contribution in [0.2, 0.25) is 0 Å². The molecule has 8 heteroatoms. The molecular formula is C30H30N4O4. The van der Waals surface area contributed by atoms with Gasteiger partial charge in [-0.3, -0.25) is 14.4 Å². The average Bonchev–Trinajstić information content (AvgIpc) is 2.94. The number of amides is 2. The van der Waals surface area contributed by atoms with E-state index in [2.05, 4.69) is 39.1 Å². The fraction of sp³-hybridized carbons (Fsp3) is 0.200. The predicted octanol–water partition coefficient (Wildman–Crippen LogP) is 4.54. The van der Waals surface area contributed by atoms with Gasteiger partial charge in [-0.1, -0.05) is 72.8 Å². The maximum absolute atomic E-state index is 12.5. The number of fused-ring (bicyclic) bond motifs is 1. The van der Waals surface area contributed by atoms with Crippen molar-refractivity contribution in [2.75, 3.05) is 18.4 Å². The Kier molecular flexibility index (Phi) is 9.02. The molecule has 8 nitrogen and oxygen atoms in total. The lowest BCUT2D eigenvalue weighted by atomic mass is 9.95. The Balaban J connectivity index is 1.31. The molecule has 38 heavy (non-hydrogen) atoms. The van der Waals surface area contributed by atoms with Crippen LogP contribution in [0.15, 0.2) is 91.1 Å². The van der Waals surface area contributed by atoms with Crippen molar-refractivity contribution in [3.05, 3.63) is 96.7 Å². The van der Waals surface area contributed by atoms with Gasteiger partial charge in [0.15, 0.2) is 0 Å². The van der Waals surface area contributed by atoms with Gasteiger partial charge in [-0.05, 0) is 46.0 Å². The van der Waals surface area contributed by atoms with Crippen LogP contribution in [-0.4, -0.2) is 41.0 Å². The van der Waals surface area contributed by atoms with Crippen LogP contribution >= 0.6 is 0 Å². The van der Waals surface area contributed by atoms with E-state index in [1.54, 1.807) is 6.20 Å². The number of carboxylic acids is 1. The number of carboxylic acid groups (broad SMARTS) is 1. The van der Waals surface area contributed by atoms with Gasteiger partial charge in [0.2, 0.25) is 11.8 Å². The molecule has 3 aromatic carbocycles. The minimum Gasteiger partial charge on any atom is -0.481 e. The third-order valence-corrected chi connectivity index (χ3v) is 6.13. The Morgan fingerprint density at radius 2 is 1.61 bits per heavy atom. The van der Waals surface area contributed by atoms with Crippen molar-refractivity contribution in [2.24, 2.45) is 0 Å². The molecule has 4 N–H and O–H groups in total. The summed E-state index contributed by atoms with van der Waals surface area (Å²) in [5.74, 6) is -0.994. The fourth-order valence-electron chi connectivity index (χ4n) is 4.24. The van der Waals surface area contributed by atoms with Crippen LogP contribution in [0.5, 0.6) is 0 Å². The first-order valence-electron chi connectivity index (χ1n) is 12.5. The van der Waals surface area contributed by atoms with Crippen molar-refractivity contribution >= 4 is 34.4 Å². The number of aromatic nitrogens is 1. The molecule has 1 atom stereocenters. The Morgan fingerprint density at radius 1 is 0.842 bits per heavy atom. The third kappa shape index (κ3) is 7.39. The molecule has 1 unspecified atom stereocenters. The number of benzene rings is 3. The van der Waals surface area contributed by atoms with Crippen LogP contribution in [0.1, 0.15) is 30.9 Å². The Hall–Kier alpha value is -4.72. The first-order chi connectivity index (χ1) is 18.5. The van der Waals surface area contributed by atoms with E-state index in [4.69, 9.17) is 0 Å². The van der Waals surface area contributed by atoms with Crippen molar-refractivity contribution in [2.45, 2.75) is 25.3 Å². The molecule has 0 saturated carbocycles. The number of hydrogen-bond acceptors (Lipinski definition) is 5. The summed E-state index contributed by atoms with van der Waals surface area (Å²) in [7, 11) is 0. The average molecular weight is 511 g/mol. The van der Waals surface area contributed by atoms with Gasteiger partial charge in [0, 0.05) is 19.2 Å². The molecule has 1 heterocycles. The van der Waals surface area contributed by atoms with E-state index in [1.807, 2.05) is 66.7 Å². The van der Waals surface area contributed by atoms with E-state index in [0.717, 1.165) is 27.7 Å². The zero-order chi connectivity index (χ0) is 26.7. The molecule has 0 radical (unpaired) electrons. The standard InChI is InChI=1S/C30H30N4O4/c35-28(12-6-18-32-27-11-3-4-17-31-27)33-20-29(36)34-26(19-30(37)38)23-15-13-22(14-16-23)25-10-5-8-21-7-1-2-9-24(21)25/h1-5,7-11,13-17,26H,6,12,18-20H2,(H,31,32)(H,33,35)(H,34,36)(H,37,38). The first kappa shape index (κ1) is 26.3. The third-order valence-electron chi connectivity index (χ3n) is 6.13. The fourth-order valence-corrected chi connectivity index (χ4v) is 4.24. The maximum Gasteiger partial charge on any atom is 0.305 e. The second kappa shape index (κ2) is 13.0. The molecule has 0 aliphatic rings. The van der Waals surface area contributed by atoms with E-state index in [-0.39, 0.29) is 25.3 Å². The van der Waals surface area contributed by atoms with Crippen molar-refractivity contribution in [3.8, 4) is 11.1 Å². The van der Waals surface area contributed by atoms with Crippen LogP contribution in [-0.2, 0) is 14.4 Å². The second-order valence-electron chi connectivity index (χ2n) is 8.89. The number of hydrogen-bond donors (Lipinski definition) is 4. The highest BCUT2D eigenvalue weighted by Gasteiger charge is 2.19. The van der Waals surface area contributed by atoms with E-state index < -0.39 is 17.9 Å². The summed E-state index contributed by atoms with van der Waals surface area (Å²) < 4.78 is 0. The molecule has 0 aliphatic carbocycles. The van der Waals surface area contributed by atoms with Gasteiger partial charge in [-0.25, -0.2) is 4.98 Å². The minimum absolute atomic E-state index is 0.225. The summed E-state index contributed by atoms with van der Waals surface area (Å²) in [5, 5.41) is 20.1. The van der Waals surface area contributed by atoms with Gasteiger partial charge in [0.1, 0.15) is 5.82 Å². The lowest BCUT2D eigenvalue weighted by Gasteiger charge is -2.18. The molecule has 0 bridgehead atoms. The van der Waals surface area contributed by atoms with Crippen LogP contribution in [0.25, 0.3) is 21.9 Å². The molecule has 0 aliphatic heterocycles. The van der Waals surface area contributed by atoms with E-state index in [0.29, 0.717) is 18.5 Å². The molecule has 4 rings (SSSR count). The van der Waals surface area contributed by atoms with Crippen LogP contribution < -0.4 is 16.0 Å². The van der Waals surface area contributed by atoms with Gasteiger partial charge < -0.3 is 21.1 Å². The number of carbonyl (C=O) groups excluding carboxylic acids is 2. The molecule has 0 spiro atoms. The largest absolute Gasteiger partial charge is 0.481 e. The molecule has 4 aromatic rings. The summed E-state index contributed by atoms with van der Waals surface area (Å²) in [5.41, 5.74) is 2.75. The molecule has 194 valence electrons. The van der Waals surface area contributed by atoms with Gasteiger partial charge in [-0.15, -0.1) is 0 Å². The van der Waals surface area contributed by atoms with Crippen LogP contribution in [0.3, 0.4) is 0 Å². The van der Waals surface area contributed by atoms with Gasteiger partial charge in [-0.2, -0.15) is 0 Å². The monoisotopic (exact) mass is 510 g/mol. The number of pyridine rings is 1. The van der Waals surface area contributed by atoms with Crippen molar-refractivity contribution in [1.29, 1.82) is 0 Å². The first-order valence-corrected chi connectivity index (χ1v) is 12.5. The number of anilines is 1. The zero-order valence-electron chi connectivity index (χ0n) is 20.9. The number of nitrogens with zero attached hydrogens (tertiary/aromatic N) is 1. The highest BCUT2D eigenvalue weighted by molar-refractivity contribution is 5.96. The highest BCUT2D eigenvalue weighted by atomic mass is 16.4. The predicted molar refractivity (Wildman–Crippen MR) is 147 cm³/mol. The van der Waals surface area contributed by atoms with E-state index in [1.165, 1.54) is 0 Å². The molecular weight excluding hydrogens is 480 g/mol. The summed E-state index contributed by atoms with van der Waals surface area (Å²) in [6, 6.07) is 26.6. The van der Waals surface area contributed by atoms with Gasteiger partial charge >= 0.3 is 5.97 Å². The smallest absolute Gasteiger partial charge is 0.305 e. The Bertz CT molecular complexity index is 1390. The SMILES string of the molecule is O=C(O)CC(NC(=O)CNC(=O)CCCNc1ccccn1)c1ccc(-c2cccc3ccccc23)cc1. The minimum atomic E-state index is -1.03. The zero-order valence-corrected chi connectivity index (χ0v) is 20.9. The molecule has 0 saturated heterocycles. The summed E-state index contributed by atoms with van der Waals surface area (Å²) >= 11 is 0. The van der Waals surface area contributed by atoms with Crippen molar-refractivity contribution in [3.63, 3.8) is 0 Å². The van der Waals surface area contributed by atoms with Gasteiger partial charge in [0.05, 0.1) is 19.0 Å². The molecule has 1 aromatic heterocycles. The number of nitrogens with one attached hydrogen (secondary N) is 3. The molecule has 2 amide bonds. The lowest BCUT2D eigenvalue weighted by molar-refractivity contribution is -0.138. The summed E-state index contributed by atoms with van der Waals surface area (Å²) in [6.07, 6.45) is 2.24. The topological polar surface area (TPSA) is 120 Å². The quantitative estimate of drug-likeness (QED) is 0.208. The number of carbonyl (C=O) groups is 3. The van der Waals surface area contributed by atoms with Crippen LogP contribution in [0.4, 0.5) is 5.82 Å². The van der Waals surface area contributed by atoms with Crippen molar-refractivity contribution < 1.29 is 19.5 Å². The number of rotatable bonds is 12. The van der Waals surface area contributed by atoms with E-state index in [9.17, 15) is 19.5 Å². The Morgan fingerprint density at radius 3 is 2.37 bits per heavy atom. The maximum atomic E-state index is 12.5. The summed E-state index contributed by atoms with van der Waals surface area (Å²) in [4.78, 5) is 40.3. The van der Waals surface area contributed by atoms with Crippen LogP contribution in [0, 0.1) is 0 Å². The number of aliphatic carboxylic acids is 1. The lowest BCUT2D eigenvalue weighted by Crippen LogP contribution is -2.39. The van der Waals surface area contributed by atoms with Crippen molar-refractivity contribution in [1.82, 2.24) is 15.6 Å². The Labute approximate surface area is 221 Å². The summed E-state index contributed by atoms with van der Waals surface area (Å²) in [6.45, 7) is 0.350. The van der Waals surface area contributed by atoms with Gasteiger partial charge in [0.25, 0.3) is 0 Å². The second-order valence-corrected chi connectivity index (χ2v) is 8.89. The van der Waals surface area contributed by atoms with E-state index >= 15 is 0 Å². The highest BCUT2D eigenvalue weighted by Crippen LogP contribution is 2.30. The molecule has 0 fully saturated rings. The normalized spacial score (nSPS) is 11.5.